The maximum Gasteiger partial charge on any atom is 0.327 e. The number of carbonyl (C=O) groups excluding carboxylic acids is 2. The SMILES string of the molecule is CC(=O)N[C@@H](CSCC(=O)OC(C)C)C(=O)O. The lowest BCUT2D eigenvalue weighted by Gasteiger charge is -2.12. The second kappa shape index (κ2) is 7.94. The van der Waals surface area contributed by atoms with Crippen LogP contribution in [-0.2, 0) is 19.1 Å². The molecule has 0 fully saturated rings. The molecule has 2 N–H and O–H groups in total. The highest BCUT2D eigenvalue weighted by atomic mass is 32.2. The molecule has 0 rings (SSSR count). The lowest BCUT2D eigenvalue weighted by molar-refractivity contribution is -0.144. The van der Waals surface area contributed by atoms with Gasteiger partial charge >= 0.3 is 11.9 Å². The van der Waals surface area contributed by atoms with E-state index in [9.17, 15) is 14.4 Å². The number of carbonyl (C=O) groups is 3. The quantitative estimate of drug-likeness (QED) is 0.640. The number of esters is 1. The third-order valence-corrected chi connectivity index (χ3v) is 2.56. The molecule has 98 valence electrons. The Morgan fingerprint density at radius 2 is 1.94 bits per heavy atom. The Bertz CT molecular complexity index is 292. The summed E-state index contributed by atoms with van der Waals surface area (Å²) < 4.78 is 4.88. The number of carboxylic acid groups (broad SMARTS) is 1. The Morgan fingerprint density at radius 3 is 2.35 bits per heavy atom. The van der Waals surface area contributed by atoms with Crippen LogP contribution in [0.1, 0.15) is 20.8 Å². The molecule has 6 nitrogen and oxygen atoms in total. The molecule has 0 aliphatic rings. The van der Waals surface area contributed by atoms with Crippen LogP contribution < -0.4 is 5.32 Å². The first-order valence-electron chi connectivity index (χ1n) is 5.10. The van der Waals surface area contributed by atoms with Crippen LogP contribution in [0.15, 0.2) is 0 Å². The highest BCUT2D eigenvalue weighted by Gasteiger charge is 2.18. The molecular formula is C10H17NO5S. The van der Waals surface area contributed by atoms with Gasteiger partial charge in [0.1, 0.15) is 6.04 Å². The summed E-state index contributed by atoms with van der Waals surface area (Å²) >= 11 is 1.11. The average Bonchev–Trinajstić information content (AvgIpc) is 2.13. The molecule has 0 aromatic rings. The molecule has 1 atom stereocenters. The van der Waals surface area contributed by atoms with Crippen LogP contribution in [-0.4, -0.2) is 46.6 Å². The van der Waals surface area contributed by atoms with Crippen LogP contribution >= 0.6 is 11.8 Å². The zero-order valence-corrected chi connectivity index (χ0v) is 10.9. The van der Waals surface area contributed by atoms with Crippen LogP contribution in [0.2, 0.25) is 0 Å². The fraction of sp³-hybridized carbons (Fsp3) is 0.700. The summed E-state index contributed by atoms with van der Waals surface area (Å²) in [5.74, 6) is -1.73. The molecule has 17 heavy (non-hydrogen) atoms. The molecule has 1 amide bonds. The van der Waals surface area contributed by atoms with E-state index in [4.69, 9.17) is 9.84 Å². The van der Waals surface area contributed by atoms with Gasteiger partial charge in [-0.2, -0.15) is 0 Å². The third-order valence-electron chi connectivity index (χ3n) is 1.55. The molecule has 0 unspecified atom stereocenters. The normalized spacial score (nSPS) is 12.0. The van der Waals surface area contributed by atoms with Crippen molar-refractivity contribution in [2.75, 3.05) is 11.5 Å². The summed E-state index contributed by atoms with van der Waals surface area (Å²) in [4.78, 5) is 32.6. The predicted octanol–water partition coefficient (Wildman–Crippen LogP) is 0.260. The third kappa shape index (κ3) is 8.56. The summed E-state index contributed by atoms with van der Waals surface area (Å²) in [7, 11) is 0. The predicted molar refractivity (Wildman–Crippen MR) is 63.8 cm³/mol. The first kappa shape index (κ1) is 15.8. The number of carboxylic acids is 1. The maximum atomic E-state index is 11.1. The standard InChI is InChI=1S/C10H17NO5S/c1-6(2)16-9(13)5-17-4-8(10(14)15)11-7(3)12/h6,8H,4-5H2,1-3H3,(H,11,12)(H,14,15)/t8-/m0/s1. The Morgan fingerprint density at radius 1 is 1.35 bits per heavy atom. The van der Waals surface area contributed by atoms with E-state index >= 15 is 0 Å². The molecule has 0 aliphatic heterocycles. The van der Waals surface area contributed by atoms with E-state index in [0.29, 0.717) is 0 Å². The number of nitrogens with one attached hydrogen (secondary N) is 1. The minimum absolute atomic E-state index is 0.0710. The first-order valence-corrected chi connectivity index (χ1v) is 6.25. The summed E-state index contributed by atoms with van der Waals surface area (Å²) in [5.41, 5.74) is 0. The van der Waals surface area contributed by atoms with Crippen molar-refractivity contribution in [3.05, 3.63) is 0 Å². The Kier molecular flexibility index (Phi) is 7.36. The molecule has 0 heterocycles. The fourth-order valence-electron chi connectivity index (χ4n) is 0.977. The van der Waals surface area contributed by atoms with Gasteiger partial charge in [0.05, 0.1) is 11.9 Å². The van der Waals surface area contributed by atoms with E-state index in [2.05, 4.69) is 5.32 Å². The van der Waals surface area contributed by atoms with Crippen molar-refractivity contribution in [3.63, 3.8) is 0 Å². The van der Waals surface area contributed by atoms with Crippen LogP contribution in [0.25, 0.3) is 0 Å². The number of amides is 1. The van der Waals surface area contributed by atoms with Gasteiger partial charge in [0.2, 0.25) is 5.91 Å². The largest absolute Gasteiger partial charge is 0.480 e. The second-order valence-corrected chi connectivity index (χ2v) is 4.68. The fourth-order valence-corrected chi connectivity index (χ4v) is 1.79. The molecule has 0 saturated heterocycles. The van der Waals surface area contributed by atoms with E-state index in [0.717, 1.165) is 11.8 Å². The number of ether oxygens (including phenoxy) is 1. The Hall–Kier alpha value is -1.24. The van der Waals surface area contributed by atoms with Crippen LogP contribution in [0.4, 0.5) is 0 Å². The first-order chi connectivity index (χ1) is 7.82. The molecule has 0 radical (unpaired) electrons. The lowest BCUT2D eigenvalue weighted by atomic mass is 10.3. The molecule has 7 heteroatoms. The Labute approximate surface area is 104 Å². The van der Waals surface area contributed by atoms with Gasteiger partial charge in [-0.25, -0.2) is 4.79 Å². The minimum atomic E-state index is -1.12. The number of aliphatic carboxylic acids is 1. The number of hydrogen-bond acceptors (Lipinski definition) is 5. The van der Waals surface area contributed by atoms with Gasteiger partial charge in [-0.1, -0.05) is 0 Å². The van der Waals surface area contributed by atoms with Crippen LogP contribution in [0, 0.1) is 0 Å². The van der Waals surface area contributed by atoms with Crippen LogP contribution in [0.3, 0.4) is 0 Å². The van der Waals surface area contributed by atoms with Crippen molar-refractivity contribution in [3.8, 4) is 0 Å². The van der Waals surface area contributed by atoms with Gasteiger partial charge < -0.3 is 15.2 Å². The topological polar surface area (TPSA) is 92.7 Å². The smallest absolute Gasteiger partial charge is 0.327 e. The Balaban J connectivity index is 3.94. The highest BCUT2D eigenvalue weighted by Crippen LogP contribution is 2.05. The zero-order chi connectivity index (χ0) is 13.4. The van der Waals surface area contributed by atoms with Gasteiger partial charge in [-0.05, 0) is 13.8 Å². The minimum Gasteiger partial charge on any atom is -0.480 e. The number of rotatable bonds is 7. The van der Waals surface area contributed by atoms with E-state index < -0.39 is 23.9 Å². The molecule has 0 saturated carbocycles. The van der Waals surface area contributed by atoms with Crippen molar-refractivity contribution in [1.82, 2.24) is 5.32 Å². The van der Waals surface area contributed by atoms with Crippen molar-refractivity contribution in [2.45, 2.75) is 32.9 Å². The van der Waals surface area contributed by atoms with Crippen molar-refractivity contribution >= 4 is 29.6 Å². The number of hydrogen-bond donors (Lipinski definition) is 2. The van der Waals surface area contributed by atoms with Gasteiger partial charge in [0, 0.05) is 12.7 Å². The summed E-state index contributed by atoms with van der Waals surface area (Å²) in [6, 6.07) is -0.982. The summed E-state index contributed by atoms with van der Waals surface area (Å²) in [6.07, 6.45) is -0.186. The molecule has 0 bridgehead atoms. The van der Waals surface area contributed by atoms with Crippen molar-refractivity contribution < 1.29 is 24.2 Å². The molecule has 0 aromatic heterocycles. The van der Waals surface area contributed by atoms with E-state index in [1.165, 1.54) is 6.92 Å². The molecule has 0 aliphatic carbocycles. The van der Waals surface area contributed by atoms with Crippen LogP contribution in [0.5, 0.6) is 0 Å². The van der Waals surface area contributed by atoms with Crippen molar-refractivity contribution in [2.24, 2.45) is 0 Å². The highest BCUT2D eigenvalue weighted by molar-refractivity contribution is 8.00. The molecule has 0 spiro atoms. The maximum absolute atomic E-state index is 11.1. The number of thioether (sulfide) groups is 1. The van der Waals surface area contributed by atoms with Crippen molar-refractivity contribution in [1.29, 1.82) is 0 Å². The monoisotopic (exact) mass is 263 g/mol. The van der Waals surface area contributed by atoms with E-state index in [1.807, 2.05) is 0 Å². The second-order valence-electron chi connectivity index (χ2n) is 3.65. The van der Waals surface area contributed by atoms with E-state index in [-0.39, 0.29) is 17.6 Å². The average molecular weight is 263 g/mol. The zero-order valence-electron chi connectivity index (χ0n) is 10.1. The lowest BCUT2D eigenvalue weighted by Crippen LogP contribution is -2.41. The molecular weight excluding hydrogens is 246 g/mol. The van der Waals surface area contributed by atoms with Gasteiger partial charge in [0.15, 0.2) is 0 Å². The van der Waals surface area contributed by atoms with E-state index in [1.54, 1.807) is 13.8 Å². The van der Waals surface area contributed by atoms with Gasteiger partial charge in [0.25, 0.3) is 0 Å². The summed E-state index contributed by atoms with van der Waals surface area (Å²) in [6.45, 7) is 4.72. The summed E-state index contributed by atoms with van der Waals surface area (Å²) in [5, 5.41) is 11.1. The van der Waals surface area contributed by atoms with Gasteiger partial charge in [-0.3, -0.25) is 9.59 Å². The molecule has 0 aromatic carbocycles. The van der Waals surface area contributed by atoms with Gasteiger partial charge in [-0.15, -0.1) is 11.8 Å².